The number of hydrogen-bond donors (Lipinski definition) is 3. The number of aromatic carboxylic acids is 1. The van der Waals surface area contributed by atoms with Gasteiger partial charge < -0.3 is 10.2 Å². The first-order valence-corrected chi connectivity index (χ1v) is 13.3. The minimum atomic E-state index is -1.17. The van der Waals surface area contributed by atoms with Gasteiger partial charge in [-0.15, -0.1) is 0 Å². The van der Waals surface area contributed by atoms with Crippen LogP contribution in [0.3, 0.4) is 0 Å². The lowest BCUT2D eigenvalue weighted by atomic mass is 9.48. The second kappa shape index (κ2) is 8.83. The molecule has 0 spiro atoms. The van der Waals surface area contributed by atoms with Crippen molar-refractivity contribution in [2.45, 2.75) is 43.9 Å². The first kappa shape index (κ1) is 23.9. The number of aliphatic imine (C=N–C) groups is 1. The van der Waals surface area contributed by atoms with Crippen LogP contribution in [-0.2, 0) is 5.41 Å². The van der Waals surface area contributed by atoms with Gasteiger partial charge in [-0.25, -0.2) is 14.2 Å². The van der Waals surface area contributed by atoms with E-state index >= 15 is 0 Å². The van der Waals surface area contributed by atoms with Crippen molar-refractivity contribution < 1.29 is 15.0 Å². The molecule has 0 saturated heterocycles. The molecule has 0 aliphatic heterocycles. The van der Waals surface area contributed by atoms with Gasteiger partial charge in [0.25, 0.3) is 5.56 Å². The summed E-state index contributed by atoms with van der Waals surface area (Å²) in [6, 6.07) is 12.0. The summed E-state index contributed by atoms with van der Waals surface area (Å²) in [5.74, 6) is 0.642. The number of carboxylic acid groups (broad SMARTS) is 1. The number of nitrogens with one attached hydrogen (secondary N) is 1. The van der Waals surface area contributed by atoms with E-state index in [-0.39, 0.29) is 22.2 Å². The SMILES string of the molecule is O=C(O)c1ccccc1N=Cc1c(O)n(-c2ccc(C34CC5CC(CC(C5)C3)C4)cc2Br)c(=O)[nH]c1=O. The molecule has 3 aromatic rings. The molecule has 0 amide bonds. The van der Waals surface area contributed by atoms with Crippen molar-refractivity contribution in [3.8, 4) is 11.6 Å². The third-order valence-corrected chi connectivity index (χ3v) is 9.06. The molecule has 0 unspecified atom stereocenters. The summed E-state index contributed by atoms with van der Waals surface area (Å²) in [4.78, 5) is 43.2. The Morgan fingerprint density at radius 2 is 1.70 bits per heavy atom. The van der Waals surface area contributed by atoms with E-state index in [0.29, 0.717) is 10.2 Å². The molecule has 4 aliphatic rings. The van der Waals surface area contributed by atoms with Crippen molar-refractivity contribution >= 4 is 33.8 Å². The third-order valence-electron chi connectivity index (χ3n) is 8.43. The number of H-pyrrole nitrogens is 1. The maximum Gasteiger partial charge on any atom is 0.337 e. The Hall–Kier alpha value is -3.46. The molecule has 4 fully saturated rings. The summed E-state index contributed by atoms with van der Waals surface area (Å²) in [6.07, 6.45) is 8.72. The number of aromatic amines is 1. The van der Waals surface area contributed by atoms with Gasteiger partial charge in [-0.1, -0.05) is 18.2 Å². The smallest absolute Gasteiger partial charge is 0.337 e. The highest BCUT2D eigenvalue weighted by atomic mass is 79.9. The molecule has 2 aromatic carbocycles. The van der Waals surface area contributed by atoms with Crippen molar-refractivity contribution in [3.05, 3.63) is 84.5 Å². The topological polar surface area (TPSA) is 125 Å². The molecular formula is C28H26BrN3O5. The molecule has 0 radical (unpaired) electrons. The van der Waals surface area contributed by atoms with Gasteiger partial charge in [-0.2, -0.15) is 0 Å². The second-order valence-electron chi connectivity index (χ2n) is 10.8. The zero-order valence-corrected chi connectivity index (χ0v) is 21.6. The molecule has 1 heterocycles. The van der Waals surface area contributed by atoms with Crippen LogP contribution in [0.25, 0.3) is 5.69 Å². The van der Waals surface area contributed by atoms with Crippen LogP contribution < -0.4 is 11.2 Å². The molecule has 1 aromatic heterocycles. The number of carbonyl (C=O) groups is 1. The maximum atomic E-state index is 12.8. The molecule has 3 N–H and O–H groups in total. The lowest BCUT2D eigenvalue weighted by Crippen LogP contribution is -2.48. The fourth-order valence-corrected chi connectivity index (χ4v) is 7.82. The summed E-state index contributed by atoms with van der Waals surface area (Å²) < 4.78 is 1.67. The van der Waals surface area contributed by atoms with Crippen LogP contribution in [0.4, 0.5) is 5.69 Å². The van der Waals surface area contributed by atoms with E-state index in [1.807, 2.05) is 6.07 Å². The Balaban J connectivity index is 1.39. The van der Waals surface area contributed by atoms with Crippen LogP contribution in [-0.4, -0.2) is 31.9 Å². The number of benzene rings is 2. The van der Waals surface area contributed by atoms with Gasteiger partial charge >= 0.3 is 11.7 Å². The summed E-state index contributed by atoms with van der Waals surface area (Å²) in [6.45, 7) is 0. The number of nitrogens with zero attached hydrogens (tertiary/aromatic N) is 2. The minimum absolute atomic E-state index is 0.0500. The first-order chi connectivity index (χ1) is 17.7. The number of aromatic hydroxyl groups is 1. The van der Waals surface area contributed by atoms with Crippen LogP contribution in [0.15, 0.2) is 61.5 Å². The monoisotopic (exact) mass is 563 g/mol. The summed E-state index contributed by atoms with van der Waals surface area (Å²) in [7, 11) is 0. The fourth-order valence-electron chi connectivity index (χ4n) is 7.26. The number of halogens is 1. The lowest BCUT2D eigenvalue weighted by Gasteiger charge is -2.57. The maximum absolute atomic E-state index is 12.8. The predicted octanol–water partition coefficient (Wildman–Crippen LogP) is 4.91. The number of hydrogen-bond acceptors (Lipinski definition) is 5. The van der Waals surface area contributed by atoms with Crippen molar-refractivity contribution in [3.63, 3.8) is 0 Å². The fraction of sp³-hybridized carbons (Fsp3) is 0.357. The van der Waals surface area contributed by atoms with Gasteiger partial charge in [0.1, 0.15) is 5.56 Å². The van der Waals surface area contributed by atoms with Crippen LogP contribution in [0, 0.1) is 17.8 Å². The Kier molecular flexibility index (Phi) is 5.71. The Bertz CT molecular complexity index is 1540. The van der Waals surface area contributed by atoms with E-state index in [4.69, 9.17) is 0 Å². The van der Waals surface area contributed by atoms with Crippen LogP contribution in [0.2, 0.25) is 0 Å². The van der Waals surface area contributed by atoms with Gasteiger partial charge in [0.2, 0.25) is 5.88 Å². The molecule has 4 saturated carbocycles. The third kappa shape index (κ3) is 4.05. The molecule has 0 atom stereocenters. The Morgan fingerprint density at radius 1 is 1.05 bits per heavy atom. The number of para-hydroxylation sites is 1. The molecular weight excluding hydrogens is 538 g/mol. The van der Waals surface area contributed by atoms with Gasteiger partial charge in [0.15, 0.2) is 0 Å². The standard InChI is InChI=1S/C28H26BrN3O5/c29-21-10-18(28-11-15-7-16(12-28)9-17(8-15)13-28)5-6-23(21)32-25(34)20(24(33)31-27(32)37)14-30-22-4-2-1-3-19(22)26(35)36/h1-6,10,14-17,34H,7-9,11-13H2,(H,35,36)(H,31,33,37). The van der Waals surface area contributed by atoms with E-state index in [1.54, 1.807) is 18.2 Å². The highest BCUT2D eigenvalue weighted by molar-refractivity contribution is 9.10. The van der Waals surface area contributed by atoms with E-state index in [1.165, 1.54) is 56.2 Å². The van der Waals surface area contributed by atoms with Crippen LogP contribution >= 0.6 is 15.9 Å². The van der Waals surface area contributed by atoms with Crippen molar-refractivity contribution in [1.82, 2.24) is 9.55 Å². The second-order valence-corrected chi connectivity index (χ2v) is 11.6. The van der Waals surface area contributed by atoms with Gasteiger partial charge in [0.05, 0.1) is 16.9 Å². The van der Waals surface area contributed by atoms with Gasteiger partial charge in [-0.05, 0) is 107 Å². The summed E-state index contributed by atoms with van der Waals surface area (Å²) in [5, 5.41) is 20.4. The van der Waals surface area contributed by atoms with E-state index in [9.17, 15) is 24.6 Å². The molecule has 4 aliphatic carbocycles. The highest BCUT2D eigenvalue weighted by Crippen LogP contribution is 2.61. The zero-order chi connectivity index (χ0) is 25.9. The van der Waals surface area contributed by atoms with Crippen molar-refractivity contribution in [1.29, 1.82) is 0 Å². The van der Waals surface area contributed by atoms with Crippen LogP contribution in [0.1, 0.15) is 60.0 Å². The van der Waals surface area contributed by atoms with Gasteiger partial charge in [-0.3, -0.25) is 14.8 Å². The number of rotatable bonds is 5. The van der Waals surface area contributed by atoms with Crippen molar-refractivity contribution in [2.24, 2.45) is 22.7 Å². The molecule has 8 nitrogen and oxygen atoms in total. The first-order valence-electron chi connectivity index (χ1n) is 12.5. The summed E-state index contributed by atoms with van der Waals surface area (Å²) >= 11 is 3.61. The average Bonchev–Trinajstić information content (AvgIpc) is 2.84. The average molecular weight is 564 g/mol. The minimum Gasteiger partial charge on any atom is -0.493 e. The molecule has 37 heavy (non-hydrogen) atoms. The molecule has 7 rings (SSSR count). The van der Waals surface area contributed by atoms with E-state index in [2.05, 4.69) is 32.0 Å². The van der Waals surface area contributed by atoms with Crippen molar-refractivity contribution in [2.75, 3.05) is 0 Å². The highest BCUT2D eigenvalue weighted by Gasteiger charge is 2.51. The zero-order valence-electron chi connectivity index (χ0n) is 20.0. The number of aromatic nitrogens is 2. The lowest BCUT2D eigenvalue weighted by molar-refractivity contribution is -0.00521. The van der Waals surface area contributed by atoms with Crippen LogP contribution in [0.5, 0.6) is 5.88 Å². The number of carboxylic acids is 1. The van der Waals surface area contributed by atoms with E-state index < -0.39 is 23.1 Å². The molecule has 4 bridgehead atoms. The largest absolute Gasteiger partial charge is 0.493 e. The Labute approximate surface area is 220 Å². The molecule has 9 heteroatoms. The Morgan fingerprint density at radius 3 is 2.32 bits per heavy atom. The predicted molar refractivity (Wildman–Crippen MR) is 143 cm³/mol. The van der Waals surface area contributed by atoms with Gasteiger partial charge in [0, 0.05) is 10.7 Å². The van der Waals surface area contributed by atoms with E-state index in [0.717, 1.165) is 28.5 Å². The summed E-state index contributed by atoms with van der Waals surface area (Å²) in [5.41, 5.74) is 0.0309. The normalized spacial score (nSPS) is 26.1. The quantitative estimate of drug-likeness (QED) is 0.380. The molecule has 190 valence electrons.